The van der Waals surface area contributed by atoms with Gasteiger partial charge in [0.25, 0.3) is 0 Å². The van der Waals surface area contributed by atoms with Gasteiger partial charge in [0.1, 0.15) is 23.6 Å². The lowest BCUT2D eigenvalue weighted by Gasteiger charge is -2.22. The quantitative estimate of drug-likeness (QED) is 0.660. The second kappa shape index (κ2) is 9.55. The zero-order valence-electron chi connectivity index (χ0n) is 15.8. The minimum Gasteiger partial charge on any atom is -0.491 e. The van der Waals surface area contributed by atoms with E-state index in [-0.39, 0.29) is 5.69 Å². The summed E-state index contributed by atoms with van der Waals surface area (Å²) in [5.74, 6) is 0.559. The van der Waals surface area contributed by atoms with E-state index in [1.807, 2.05) is 25.1 Å². The van der Waals surface area contributed by atoms with Crippen LogP contribution in [0.1, 0.15) is 49.5 Å². The third-order valence-electron chi connectivity index (χ3n) is 4.87. The average molecular weight is 373 g/mol. The zero-order chi connectivity index (χ0) is 19.1. The molecule has 0 atom stereocenters. The van der Waals surface area contributed by atoms with Gasteiger partial charge in [-0.3, -0.25) is 0 Å². The lowest BCUT2D eigenvalue weighted by atomic mass is 9.90. The second-order valence-corrected chi connectivity index (χ2v) is 6.82. The number of nitrogens with zero attached hydrogens (tertiary/aromatic N) is 1. The first-order valence-corrected chi connectivity index (χ1v) is 9.69. The summed E-state index contributed by atoms with van der Waals surface area (Å²) in [6.07, 6.45) is 6.18. The molecule has 0 unspecified atom stereocenters. The number of rotatable bonds is 9. The first-order chi connectivity index (χ1) is 13.2. The summed E-state index contributed by atoms with van der Waals surface area (Å²) in [5, 5.41) is 10.2. The van der Waals surface area contributed by atoms with Crippen LogP contribution in [-0.4, -0.2) is 42.5 Å². The van der Waals surface area contributed by atoms with Gasteiger partial charge in [-0.15, -0.1) is 0 Å². The maximum Gasteiger partial charge on any atom is 0.354 e. The van der Waals surface area contributed by atoms with Gasteiger partial charge >= 0.3 is 5.97 Å². The Kier molecular flexibility index (Phi) is 6.87. The number of aromatic carboxylic acids is 1. The lowest BCUT2D eigenvalue weighted by Crippen LogP contribution is -2.15. The van der Waals surface area contributed by atoms with Crippen LogP contribution in [0.4, 0.5) is 0 Å². The van der Waals surface area contributed by atoms with Crippen LogP contribution >= 0.6 is 0 Å². The highest BCUT2D eigenvalue weighted by Crippen LogP contribution is 2.33. The molecular formula is C21H27NO5. The molecule has 3 rings (SSSR count). The van der Waals surface area contributed by atoms with E-state index < -0.39 is 5.97 Å². The molecule has 6 nitrogen and oxygen atoms in total. The third-order valence-corrected chi connectivity index (χ3v) is 4.87. The fourth-order valence-corrected chi connectivity index (χ4v) is 3.45. The van der Waals surface area contributed by atoms with E-state index >= 15 is 0 Å². The van der Waals surface area contributed by atoms with E-state index in [1.54, 1.807) is 0 Å². The zero-order valence-corrected chi connectivity index (χ0v) is 15.8. The Morgan fingerprint density at radius 1 is 1.15 bits per heavy atom. The first kappa shape index (κ1) is 19.4. The van der Waals surface area contributed by atoms with Crippen LogP contribution in [0.5, 0.6) is 11.5 Å². The predicted molar refractivity (Wildman–Crippen MR) is 103 cm³/mol. The standard InChI is InChI=1S/C21H27NO5/c1-2-25-11-12-26-19-13-17(21(23)24)22-20-16(19)9-6-10-18(20)27-14-15-7-4-3-5-8-15/h6,9-10,13,15H,2-5,7-8,11-12,14H2,1H3,(H,23,24). The molecule has 1 aliphatic rings. The van der Waals surface area contributed by atoms with Gasteiger partial charge in [-0.25, -0.2) is 9.78 Å². The van der Waals surface area contributed by atoms with Crippen molar-refractivity contribution in [3.05, 3.63) is 30.0 Å². The lowest BCUT2D eigenvalue weighted by molar-refractivity contribution is 0.0690. The van der Waals surface area contributed by atoms with E-state index in [4.69, 9.17) is 14.2 Å². The number of benzene rings is 1. The molecular weight excluding hydrogens is 346 g/mol. The number of carbonyl (C=O) groups is 1. The first-order valence-electron chi connectivity index (χ1n) is 9.69. The Balaban J connectivity index is 1.85. The van der Waals surface area contributed by atoms with Crippen LogP contribution in [0.3, 0.4) is 0 Å². The van der Waals surface area contributed by atoms with Crippen LogP contribution in [0.15, 0.2) is 24.3 Å². The van der Waals surface area contributed by atoms with Crippen molar-refractivity contribution in [1.82, 2.24) is 4.98 Å². The Morgan fingerprint density at radius 2 is 1.96 bits per heavy atom. The molecule has 0 aliphatic heterocycles. The summed E-state index contributed by atoms with van der Waals surface area (Å²) in [6, 6.07) is 7.06. The molecule has 1 N–H and O–H groups in total. The normalized spacial score (nSPS) is 15.0. The monoisotopic (exact) mass is 373 g/mol. The fourth-order valence-electron chi connectivity index (χ4n) is 3.45. The summed E-state index contributed by atoms with van der Waals surface area (Å²) in [5.41, 5.74) is 0.474. The molecule has 0 amide bonds. The molecule has 146 valence electrons. The molecule has 6 heteroatoms. The van der Waals surface area contributed by atoms with Crippen LogP contribution in [0, 0.1) is 5.92 Å². The number of carboxylic acids is 1. The van der Waals surface area contributed by atoms with Gasteiger partial charge in [-0.1, -0.05) is 25.3 Å². The van der Waals surface area contributed by atoms with Gasteiger partial charge in [-0.05, 0) is 37.8 Å². The molecule has 1 aromatic heterocycles. The topological polar surface area (TPSA) is 77.9 Å². The number of para-hydroxylation sites is 1. The van der Waals surface area contributed by atoms with Gasteiger partial charge in [0.05, 0.1) is 13.2 Å². The smallest absolute Gasteiger partial charge is 0.354 e. The maximum atomic E-state index is 11.5. The molecule has 0 radical (unpaired) electrons. The van der Waals surface area contributed by atoms with Crippen molar-refractivity contribution in [2.24, 2.45) is 5.92 Å². The van der Waals surface area contributed by atoms with E-state index in [2.05, 4.69) is 4.98 Å². The average Bonchev–Trinajstić information content (AvgIpc) is 2.70. The molecule has 1 fully saturated rings. The summed E-state index contributed by atoms with van der Waals surface area (Å²) >= 11 is 0. The van der Waals surface area contributed by atoms with Crippen molar-refractivity contribution < 1.29 is 24.1 Å². The van der Waals surface area contributed by atoms with Crippen LogP contribution in [0.2, 0.25) is 0 Å². The van der Waals surface area contributed by atoms with Gasteiger partial charge in [0, 0.05) is 18.1 Å². The molecule has 0 bridgehead atoms. The Hall–Kier alpha value is -2.34. The Labute approximate surface area is 159 Å². The number of fused-ring (bicyclic) bond motifs is 1. The molecule has 1 saturated carbocycles. The number of hydrogen-bond acceptors (Lipinski definition) is 5. The highest BCUT2D eigenvalue weighted by molar-refractivity contribution is 5.95. The largest absolute Gasteiger partial charge is 0.491 e. The summed E-state index contributed by atoms with van der Waals surface area (Å²) in [4.78, 5) is 15.8. The molecule has 0 spiro atoms. The van der Waals surface area contributed by atoms with Crippen molar-refractivity contribution in [2.45, 2.75) is 39.0 Å². The van der Waals surface area contributed by atoms with Crippen molar-refractivity contribution in [3.63, 3.8) is 0 Å². The summed E-state index contributed by atoms with van der Waals surface area (Å²) in [6.45, 7) is 3.96. The molecule has 1 aliphatic carbocycles. The SMILES string of the molecule is CCOCCOc1cc(C(=O)O)nc2c(OCC3CCCCC3)cccc12. The minimum absolute atomic E-state index is 0.0531. The van der Waals surface area contributed by atoms with E-state index in [9.17, 15) is 9.90 Å². The molecule has 1 aromatic carbocycles. The second-order valence-electron chi connectivity index (χ2n) is 6.82. The predicted octanol–water partition coefficient (Wildman–Crippen LogP) is 4.31. The Bertz CT molecular complexity index is 771. The molecule has 0 saturated heterocycles. The van der Waals surface area contributed by atoms with Crippen molar-refractivity contribution in [1.29, 1.82) is 0 Å². The summed E-state index contributed by atoms with van der Waals surface area (Å²) < 4.78 is 17.1. The highest BCUT2D eigenvalue weighted by Gasteiger charge is 2.18. The molecule has 1 heterocycles. The number of hydrogen-bond donors (Lipinski definition) is 1. The number of aromatic nitrogens is 1. The molecule has 2 aromatic rings. The number of carboxylic acid groups (broad SMARTS) is 1. The van der Waals surface area contributed by atoms with Crippen molar-refractivity contribution in [3.8, 4) is 11.5 Å². The third kappa shape index (κ3) is 5.10. The Morgan fingerprint density at radius 3 is 2.70 bits per heavy atom. The van der Waals surface area contributed by atoms with Crippen LogP contribution in [0.25, 0.3) is 10.9 Å². The van der Waals surface area contributed by atoms with Gasteiger partial charge < -0.3 is 19.3 Å². The number of ether oxygens (including phenoxy) is 3. The van der Waals surface area contributed by atoms with E-state index in [0.717, 1.165) is 5.39 Å². The van der Waals surface area contributed by atoms with Gasteiger partial charge in [0.2, 0.25) is 0 Å². The highest BCUT2D eigenvalue weighted by atomic mass is 16.5. The van der Waals surface area contributed by atoms with Crippen LogP contribution in [-0.2, 0) is 4.74 Å². The van der Waals surface area contributed by atoms with Crippen molar-refractivity contribution >= 4 is 16.9 Å². The number of pyridine rings is 1. The van der Waals surface area contributed by atoms with E-state index in [1.165, 1.54) is 38.2 Å². The van der Waals surface area contributed by atoms with Gasteiger partial charge in [0.15, 0.2) is 5.69 Å². The fraction of sp³-hybridized carbons (Fsp3) is 0.524. The molecule has 27 heavy (non-hydrogen) atoms. The van der Waals surface area contributed by atoms with E-state index in [0.29, 0.717) is 49.4 Å². The van der Waals surface area contributed by atoms with Crippen LogP contribution < -0.4 is 9.47 Å². The van der Waals surface area contributed by atoms with Crippen molar-refractivity contribution in [2.75, 3.05) is 26.4 Å². The van der Waals surface area contributed by atoms with Gasteiger partial charge in [-0.2, -0.15) is 0 Å². The minimum atomic E-state index is -1.09. The maximum absolute atomic E-state index is 11.5. The summed E-state index contributed by atoms with van der Waals surface area (Å²) in [7, 11) is 0.